The molecule has 0 bridgehead atoms. The van der Waals surface area contributed by atoms with Gasteiger partial charge in [0, 0.05) is 12.5 Å². The number of fused-ring (bicyclic) bond motifs is 5. The van der Waals surface area contributed by atoms with Gasteiger partial charge in [0.2, 0.25) is 0 Å². The van der Waals surface area contributed by atoms with Gasteiger partial charge in [0.05, 0.1) is 19.3 Å². The predicted octanol–water partition coefficient (Wildman–Crippen LogP) is 6.24. The van der Waals surface area contributed by atoms with Crippen molar-refractivity contribution >= 4 is 0 Å². The largest absolute Gasteiger partial charge is 0.353 e. The van der Waals surface area contributed by atoms with E-state index in [1.54, 1.807) is 5.57 Å². The maximum Gasteiger partial charge on any atom is 0.169 e. The lowest BCUT2D eigenvalue weighted by molar-refractivity contribution is -0.215. The van der Waals surface area contributed by atoms with Crippen molar-refractivity contribution in [2.75, 3.05) is 19.8 Å². The van der Waals surface area contributed by atoms with Gasteiger partial charge in [-0.2, -0.15) is 0 Å². The van der Waals surface area contributed by atoms with Crippen LogP contribution in [0, 0.1) is 34.5 Å². The highest BCUT2D eigenvalue weighted by molar-refractivity contribution is 5.25. The molecule has 180 valence electrons. The highest BCUT2D eigenvalue weighted by atomic mass is 16.7. The van der Waals surface area contributed by atoms with Crippen LogP contribution >= 0.6 is 0 Å². The summed E-state index contributed by atoms with van der Waals surface area (Å²) in [5.41, 5.74) is 2.44. The summed E-state index contributed by atoms with van der Waals surface area (Å²) in [5.74, 6) is 2.67. The summed E-state index contributed by atoms with van der Waals surface area (Å²) in [6.45, 7) is 9.80. The number of ether oxygens (including phenoxy) is 4. The van der Waals surface area contributed by atoms with Crippen LogP contribution in [0.25, 0.3) is 0 Å². The molecule has 4 aliphatic carbocycles. The highest BCUT2D eigenvalue weighted by Gasteiger charge is 2.62. The molecule has 0 spiro atoms. The van der Waals surface area contributed by atoms with Crippen LogP contribution in [0.2, 0.25) is 0 Å². The quantitative estimate of drug-likeness (QED) is 0.483. The number of hydrogen-bond acceptors (Lipinski definition) is 4. The van der Waals surface area contributed by atoms with E-state index in [9.17, 15) is 0 Å². The van der Waals surface area contributed by atoms with E-state index in [4.69, 9.17) is 18.9 Å². The third-order valence-corrected chi connectivity index (χ3v) is 11.0. The van der Waals surface area contributed by atoms with Crippen molar-refractivity contribution in [3.8, 4) is 0 Å². The Morgan fingerprint density at radius 1 is 0.875 bits per heavy atom. The lowest BCUT2D eigenvalue weighted by Crippen LogP contribution is -2.53. The van der Waals surface area contributed by atoms with Crippen molar-refractivity contribution in [1.29, 1.82) is 0 Å². The number of allylic oxidation sites excluding steroid dienone is 1. The van der Waals surface area contributed by atoms with Crippen LogP contribution in [0.15, 0.2) is 11.6 Å². The lowest BCUT2D eigenvalue weighted by Gasteiger charge is -2.59. The highest BCUT2D eigenvalue weighted by Crippen LogP contribution is 2.68. The molecule has 3 saturated carbocycles. The zero-order valence-electron chi connectivity index (χ0n) is 20.6. The second-order valence-electron chi connectivity index (χ2n) is 12.4. The average Bonchev–Trinajstić information content (AvgIpc) is 3.38. The van der Waals surface area contributed by atoms with Gasteiger partial charge in [0.1, 0.15) is 0 Å². The summed E-state index contributed by atoms with van der Waals surface area (Å²) >= 11 is 0. The fourth-order valence-corrected chi connectivity index (χ4v) is 9.37. The molecule has 0 aromatic carbocycles. The van der Waals surface area contributed by atoms with Crippen molar-refractivity contribution in [3.05, 3.63) is 11.6 Å². The third-order valence-electron chi connectivity index (χ3n) is 11.0. The smallest absolute Gasteiger partial charge is 0.169 e. The van der Waals surface area contributed by atoms with Crippen LogP contribution in [0.3, 0.4) is 0 Å². The van der Waals surface area contributed by atoms with E-state index in [0.29, 0.717) is 22.9 Å². The molecule has 6 rings (SSSR count). The van der Waals surface area contributed by atoms with Crippen LogP contribution in [-0.4, -0.2) is 38.0 Å². The van der Waals surface area contributed by atoms with Gasteiger partial charge in [0.25, 0.3) is 0 Å². The Kier molecular flexibility index (Phi) is 5.57. The van der Waals surface area contributed by atoms with Crippen molar-refractivity contribution < 1.29 is 18.9 Å². The molecule has 6 aliphatic rings. The summed E-state index contributed by atoms with van der Waals surface area (Å²) in [6.07, 6.45) is 16.8. The first-order valence-electron chi connectivity index (χ1n) is 13.7. The molecule has 4 heteroatoms. The van der Waals surface area contributed by atoms with Gasteiger partial charge in [-0.15, -0.1) is 0 Å². The fraction of sp³-hybridized carbons (Fsp3) is 0.929. The van der Waals surface area contributed by atoms with Gasteiger partial charge in [-0.3, -0.25) is 0 Å². The Balaban J connectivity index is 1.19. The number of rotatable bonds is 3. The fourth-order valence-electron chi connectivity index (χ4n) is 9.37. The molecule has 0 amide bonds. The van der Waals surface area contributed by atoms with Crippen LogP contribution in [0.1, 0.15) is 91.4 Å². The molecule has 8 atom stereocenters. The standard InChI is InChI=1S/C28H44O4/c1-26-13-11-20(32-25-6-4-5-15-29-25)18-19(26)7-8-21-22-9-10-24(28(3)30-16-17-31-28)27(22,2)14-12-23(21)26/h7,20-25H,4-6,8-18H2,1-3H3/t20-,21-,22+,23+,24-,25-,26-,27-/m0/s1. The molecule has 4 nitrogen and oxygen atoms in total. The van der Waals surface area contributed by atoms with Crippen molar-refractivity contribution in [2.24, 2.45) is 34.5 Å². The van der Waals surface area contributed by atoms with E-state index in [1.807, 2.05) is 0 Å². The second-order valence-corrected chi connectivity index (χ2v) is 12.4. The normalized spacial score (nSPS) is 50.3. The van der Waals surface area contributed by atoms with Gasteiger partial charge in [-0.05, 0) is 106 Å². The first kappa shape index (κ1) is 22.1. The minimum Gasteiger partial charge on any atom is -0.353 e. The van der Waals surface area contributed by atoms with Gasteiger partial charge < -0.3 is 18.9 Å². The molecule has 2 aliphatic heterocycles. The Hall–Kier alpha value is -0.420. The van der Waals surface area contributed by atoms with E-state index in [0.717, 1.165) is 50.4 Å². The maximum absolute atomic E-state index is 6.44. The van der Waals surface area contributed by atoms with Gasteiger partial charge >= 0.3 is 0 Å². The van der Waals surface area contributed by atoms with E-state index >= 15 is 0 Å². The number of hydrogen-bond donors (Lipinski definition) is 0. The summed E-state index contributed by atoms with van der Waals surface area (Å²) in [7, 11) is 0. The summed E-state index contributed by atoms with van der Waals surface area (Å²) in [5, 5.41) is 0. The molecule has 0 radical (unpaired) electrons. The molecule has 0 unspecified atom stereocenters. The SMILES string of the molecule is CC1([C@H]2CC[C@@H]3[C@@H]4CC=C5C[C@@H](O[C@H]6CCCCO6)CC[C@]5(C)[C@@H]4CC[C@@]32C)OCCO1. The second kappa shape index (κ2) is 8.07. The van der Waals surface area contributed by atoms with Gasteiger partial charge in [-0.1, -0.05) is 25.5 Å². The van der Waals surface area contributed by atoms with Crippen molar-refractivity contribution in [3.63, 3.8) is 0 Å². The Bertz CT molecular complexity index is 736. The average molecular weight is 445 g/mol. The third kappa shape index (κ3) is 3.38. The Morgan fingerprint density at radius 2 is 1.72 bits per heavy atom. The molecular formula is C28H44O4. The van der Waals surface area contributed by atoms with E-state index < -0.39 is 0 Å². The van der Waals surface area contributed by atoms with Crippen molar-refractivity contribution in [2.45, 2.75) is 110 Å². The molecule has 2 heterocycles. The van der Waals surface area contributed by atoms with Crippen LogP contribution in [0.4, 0.5) is 0 Å². The van der Waals surface area contributed by atoms with Crippen molar-refractivity contribution in [1.82, 2.24) is 0 Å². The maximum atomic E-state index is 6.44. The Labute approximate surface area is 194 Å². The minimum atomic E-state index is -0.355. The van der Waals surface area contributed by atoms with Gasteiger partial charge in [-0.25, -0.2) is 0 Å². The predicted molar refractivity (Wildman–Crippen MR) is 124 cm³/mol. The van der Waals surface area contributed by atoms with E-state index in [2.05, 4.69) is 26.8 Å². The Morgan fingerprint density at radius 3 is 2.50 bits per heavy atom. The monoisotopic (exact) mass is 444 g/mol. The van der Waals surface area contributed by atoms with Gasteiger partial charge in [0.15, 0.2) is 12.1 Å². The molecule has 0 aromatic rings. The van der Waals surface area contributed by atoms with E-state index in [-0.39, 0.29) is 12.1 Å². The van der Waals surface area contributed by atoms with E-state index in [1.165, 1.54) is 57.8 Å². The van der Waals surface area contributed by atoms with Crippen LogP contribution in [0.5, 0.6) is 0 Å². The summed E-state index contributed by atoms with van der Waals surface area (Å²) < 4.78 is 24.7. The minimum absolute atomic E-state index is 0.0437. The lowest BCUT2D eigenvalue weighted by atomic mass is 9.47. The van der Waals surface area contributed by atoms with Crippen LogP contribution < -0.4 is 0 Å². The molecule has 0 aromatic heterocycles. The van der Waals surface area contributed by atoms with Crippen LogP contribution in [-0.2, 0) is 18.9 Å². The molecule has 2 saturated heterocycles. The first-order chi connectivity index (χ1) is 15.4. The topological polar surface area (TPSA) is 36.9 Å². The summed E-state index contributed by atoms with van der Waals surface area (Å²) in [6, 6.07) is 0. The summed E-state index contributed by atoms with van der Waals surface area (Å²) in [4.78, 5) is 0. The zero-order chi connectivity index (χ0) is 22.0. The molecular weight excluding hydrogens is 400 g/mol. The molecule has 5 fully saturated rings. The molecule has 32 heavy (non-hydrogen) atoms. The molecule has 0 N–H and O–H groups in total. The first-order valence-corrected chi connectivity index (χ1v) is 13.7. The zero-order valence-corrected chi connectivity index (χ0v) is 20.6.